The first kappa shape index (κ1) is 10.2. The van der Waals surface area contributed by atoms with Crippen molar-refractivity contribution in [3.63, 3.8) is 0 Å². The Kier molecular flexibility index (Phi) is 2.85. The molecule has 0 bridgehead atoms. The number of hydrogen-bond acceptors (Lipinski definition) is 3. The fraction of sp³-hybridized carbons (Fsp3) is 0.375. The third-order valence-electron chi connectivity index (χ3n) is 1.66. The van der Waals surface area contributed by atoms with Crippen LogP contribution in [0, 0.1) is 0 Å². The molecular weight excluding hydrogens is 186 g/mol. The number of aryl methyl sites for hydroxylation is 1. The molecule has 6 nitrogen and oxygen atoms in total. The quantitative estimate of drug-likeness (QED) is 0.692. The summed E-state index contributed by atoms with van der Waals surface area (Å²) in [6.07, 6.45) is 2.99. The van der Waals surface area contributed by atoms with Crippen LogP contribution < -0.4 is 5.32 Å². The molecular formula is C8H11N3O3. The molecule has 1 amide bonds. The zero-order valence-corrected chi connectivity index (χ0v) is 7.89. The molecule has 0 aliphatic heterocycles. The van der Waals surface area contributed by atoms with Crippen molar-refractivity contribution in [1.29, 1.82) is 0 Å². The average Bonchev–Trinajstić information content (AvgIpc) is 2.51. The molecule has 0 aromatic carbocycles. The Morgan fingerprint density at radius 3 is 2.71 bits per heavy atom. The van der Waals surface area contributed by atoms with Crippen molar-refractivity contribution in [2.45, 2.75) is 13.0 Å². The zero-order valence-electron chi connectivity index (χ0n) is 7.89. The molecule has 2 N–H and O–H groups in total. The number of aromatic nitrogens is 2. The summed E-state index contributed by atoms with van der Waals surface area (Å²) in [6, 6.07) is -0.912. The van der Waals surface area contributed by atoms with Crippen LogP contribution in [-0.2, 0) is 11.8 Å². The van der Waals surface area contributed by atoms with Gasteiger partial charge in [-0.05, 0) is 6.92 Å². The Hall–Kier alpha value is -1.85. The zero-order chi connectivity index (χ0) is 10.7. The van der Waals surface area contributed by atoms with Gasteiger partial charge in [0.15, 0.2) is 0 Å². The molecule has 1 aromatic rings. The van der Waals surface area contributed by atoms with Crippen LogP contribution in [0.4, 0.5) is 0 Å². The van der Waals surface area contributed by atoms with E-state index in [0.717, 1.165) is 0 Å². The largest absolute Gasteiger partial charge is 0.480 e. The number of carboxylic acids is 1. The number of aliphatic carboxylic acids is 1. The molecule has 0 aliphatic carbocycles. The fourth-order valence-corrected chi connectivity index (χ4v) is 0.862. The van der Waals surface area contributed by atoms with E-state index in [1.165, 1.54) is 19.4 Å². The number of imidazole rings is 1. The number of nitrogens with one attached hydrogen (secondary N) is 1. The topological polar surface area (TPSA) is 84.2 Å². The van der Waals surface area contributed by atoms with E-state index in [9.17, 15) is 9.59 Å². The lowest BCUT2D eigenvalue weighted by Crippen LogP contribution is -2.38. The van der Waals surface area contributed by atoms with Crippen LogP contribution in [-0.4, -0.2) is 32.6 Å². The summed E-state index contributed by atoms with van der Waals surface area (Å²) >= 11 is 0. The predicted octanol–water partition coefficient (Wildman–Crippen LogP) is -0.377. The van der Waals surface area contributed by atoms with Gasteiger partial charge in [0.05, 0.1) is 6.33 Å². The van der Waals surface area contributed by atoms with Gasteiger partial charge in [-0.1, -0.05) is 0 Å². The second-order valence-corrected chi connectivity index (χ2v) is 2.96. The van der Waals surface area contributed by atoms with E-state index in [1.54, 1.807) is 11.6 Å². The summed E-state index contributed by atoms with van der Waals surface area (Å²) in [5.74, 6) is -1.56. The maximum Gasteiger partial charge on any atom is 0.325 e. The van der Waals surface area contributed by atoms with E-state index < -0.39 is 17.9 Å². The second kappa shape index (κ2) is 3.91. The molecule has 1 rings (SSSR count). The highest BCUT2D eigenvalue weighted by Gasteiger charge is 2.16. The number of amides is 1. The van der Waals surface area contributed by atoms with Crippen LogP contribution in [0.3, 0.4) is 0 Å². The molecule has 0 radical (unpaired) electrons. The van der Waals surface area contributed by atoms with Crippen molar-refractivity contribution in [3.05, 3.63) is 18.2 Å². The van der Waals surface area contributed by atoms with Gasteiger partial charge in [-0.3, -0.25) is 9.59 Å². The Labute approximate surface area is 80.6 Å². The maximum atomic E-state index is 11.3. The monoisotopic (exact) mass is 197 g/mol. The van der Waals surface area contributed by atoms with Gasteiger partial charge in [-0.2, -0.15) is 0 Å². The van der Waals surface area contributed by atoms with E-state index in [-0.39, 0.29) is 5.69 Å². The molecule has 1 atom stereocenters. The summed E-state index contributed by atoms with van der Waals surface area (Å²) in [5, 5.41) is 10.8. The number of carbonyl (C=O) groups excluding carboxylic acids is 1. The lowest BCUT2D eigenvalue weighted by Gasteiger charge is -2.06. The highest BCUT2D eigenvalue weighted by molar-refractivity contribution is 5.94. The third-order valence-corrected chi connectivity index (χ3v) is 1.66. The van der Waals surface area contributed by atoms with E-state index >= 15 is 0 Å². The molecule has 0 saturated heterocycles. The summed E-state index contributed by atoms with van der Waals surface area (Å²) < 4.78 is 1.61. The lowest BCUT2D eigenvalue weighted by molar-refractivity contribution is -0.138. The first-order valence-electron chi connectivity index (χ1n) is 4.02. The van der Waals surface area contributed by atoms with Crippen molar-refractivity contribution in [3.8, 4) is 0 Å². The Balaban J connectivity index is 2.63. The van der Waals surface area contributed by atoms with Crippen molar-refractivity contribution in [2.75, 3.05) is 0 Å². The normalized spacial score (nSPS) is 12.1. The van der Waals surface area contributed by atoms with Crippen molar-refractivity contribution >= 4 is 11.9 Å². The molecule has 0 fully saturated rings. The van der Waals surface area contributed by atoms with Crippen LogP contribution in [0.1, 0.15) is 17.4 Å². The molecule has 1 heterocycles. The maximum absolute atomic E-state index is 11.3. The van der Waals surface area contributed by atoms with Crippen LogP contribution in [0.5, 0.6) is 0 Å². The smallest absolute Gasteiger partial charge is 0.325 e. The van der Waals surface area contributed by atoms with Gasteiger partial charge < -0.3 is 15.0 Å². The number of carbonyl (C=O) groups is 2. The van der Waals surface area contributed by atoms with E-state index in [2.05, 4.69) is 10.3 Å². The van der Waals surface area contributed by atoms with Gasteiger partial charge >= 0.3 is 5.97 Å². The summed E-state index contributed by atoms with van der Waals surface area (Å²) in [4.78, 5) is 25.5. The molecule has 6 heteroatoms. The van der Waals surface area contributed by atoms with E-state index in [4.69, 9.17) is 5.11 Å². The van der Waals surface area contributed by atoms with Crippen molar-refractivity contribution < 1.29 is 14.7 Å². The molecule has 0 unspecified atom stereocenters. The molecule has 76 valence electrons. The number of nitrogens with zero attached hydrogens (tertiary/aromatic N) is 2. The average molecular weight is 197 g/mol. The lowest BCUT2D eigenvalue weighted by atomic mass is 10.3. The van der Waals surface area contributed by atoms with Crippen LogP contribution in [0.25, 0.3) is 0 Å². The van der Waals surface area contributed by atoms with Gasteiger partial charge in [-0.15, -0.1) is 0 Å². The van der Waals surface area contributed by atoms with E-state index in [1.807, 2.05) is 0 Å². The van der Waals surface area contributed by atoms with Gasteiger partial charge in [0.25, 0.3) is 5.91 Å². The summed E-state index contributed by atoms with van der Waals surface area (Å²) in [5.41, 5.74) is 0.209. The third kappa shape index (κ3) is 2.32. The van der Waals surface area contributed by atoms with Crippen LogP contribution in [0.15, 0.2) is 12.5 Å². The summed E-state index contributed by atoms with van der Waals surface area (Å²) in [6.45, 7) is 1.39. The molecule has 0 aliphatic rings. The molecule has 0 saturated carbocycles. The highest BCUT2D eigenvalue weighted by atomic mass is 16.4. The standard InChI is InChI=1S/C8H11N3O3/c1-5(8(13)14)10-7(12)6-3-11(2)4-9-6/h3-5H,1-2H3,(H,10,12)(H,13,14)/t5-/m0/s1. The first-order chi connectivity index (χ1) is 6.50. The van der Waals surface area contributed by atoms with E-state index in [0.29, 0.717) is 0 Å². The molecule has 0 spiro atoms. The van der Waals surface area contributed by atoms with Gasteiger partial charge in [0, 0.05) is 13.2 Å². The van der Waals surface area contributed by atoms with Crippen molar-refractivity contribution in [2.24, 2.45) is 7.05 Å². The van der Waals surface area contributed by atoms with Crippen LogP contribution >= 0.6 is 0 Å². The number of carboxylic acid groups (broad SMARTS) is 1. The van der Waals surface area contributed by atoms with Crippen molar-refractivity contribution in [1.82, 2.24) is 14.9 Å². The molecule has 1 aromatic heterocycles. The van der Waals surface area contributed by atoms with Gasteiger partial charge in [0.1, 0.15) is 11.7 Å². The fourth-order valence-electron chi connectivity index (χ4n) is 0.862. The minimum Gasteiger partial charge on any atom is -0.480 e. The SMILES string of the molecule is C[C@H](NC(=O)c1cn(C)cn1)C(=O)O. The highest BCUT2D eigenvalue weighted by Crippen LogP contribution is 1.94. The summed E-state index contributed by atoms with van der Waals surface area (Å²) in [7, 11) is 1.73. The minimum atomic E-state index is -1.07. The molecule has 14 heavy (non-hydrogen) atoms. The van der Waals surface area contributed by atoms with Gasteiger partial charge in [-0.25, -0.2) is 4.98 Å². The minimum absolute atomic E-state index is 0.209. The number of rotatable bonds is 3. The van der Waals surface area contributed by atoms with Crippen LogP contribution in [0.2, 0.25) is 0 Å². The van der Waals surface area contributed by atoms with Gasteiger partial charge in [0.2, 0.25) is 0 Å². The second-order valence-electron chi connectivity index (χ2n) is 2.96. The Morgan fingerprint density at radius 1 is 1.64 bits per heavy atom. The Morgan fingerprint density at radius 2 is 2.29 bits per heavy atom. The number of hydrogen-bond donors (Lipinski definition) is 2. The first-order valence-corrected chi connectivity index (χ1v) is 4.02. The Bertz CT molecular complexity index is 358. The predicted molar refractivity (Wildman–Crippen MR) is 47.8 cm³/mol.